The Labute approximate surface area is 86.7 Å². The summed E-state index contributed by atoms with van der Waals surface area (Å²) in [6.07, 6.45) is 1.44. The minimum absolute atomic E-state index is 0.559. The number of fused-ring (bicyclic) bond motifs is 1. The number of hydrogen-bond acceptors (Lipinski definition) is 4. The average Bonchev–Trinajstić information content (AvgIpc) is 2.69. The number of pyridine rings is 1. The van der Waals surface area contributed by atoms with E-state index in [1.165, 1.54) is 0 Å². The predicted molar refractivity (Wildman–Crippen MR) is 54.0 cm³/mol. The zero-order valence-electron chi connectivity index (χ0n) is 8.38. The molecule has 0 atom stereocenters. The molecule has 0 spiro atoms. The summed E-state index contributed by atoms with van der Waals surface area (Å²) >= 11 is 0. The van der Waals surface area contributed by atoms with Gasteiger partial charge >= 0.3 is 0 Å². The molecule has 0 bridgehead atoms. The second kappa shape index (κ2) is 4.18. The zero-order valence-corrected chi connectivity index (χ0v) is 8.38. The van der Waals surface area contributed by atoms with E-state index in [0.29, 0.717) is 24.4 Å². The molecule has 2 heterocycles. The van der Waals surface area contributed by atoms with E-state index in [-0.39, 0.29) is 0 Å². The van der Waals surface area contributed by atoms with Crippen molar-refractivity contribution in [2.45, 2.75) is 6.42 Å². The highest BCUT2D eigenvalue weighted by atomic mass is 16.5. The van der Waals surface area contributed by atoms with E-state index in [0.717, 1.165) is 12.1 Å². The van der Waals surface area contributed by atoms with Crippen LogP contribution in [0.5, 0.6) is 0 Å². The molecule has 78 valence electrons. The van der Waals surface area contributed by atoms with Crippen LogP contribution in [-0.4, -0.2) is 34.6 Å². The molecule has 5 nitrogen and oxygen atoms in total. The SMILES string of the molecule is COCCc1nnc2cccc(C=O)n12. The molecule has 0 radical (unpaired) electrons. The van der Waals surface area contributed by atoms with E-state index in [1.807, 2.05) is 6.07 Å². The van der Waals surface area contributed by atoms with Gasteiger partial charge in [0.05, 0.1) is 12.3 Å². The van der Waals surface area contributed by atoms with Gasteiger partial charge in [-0.05, 0) is 12.1 Å². The van der Waals surface area contributed by atoms with Crippen molar-refractivity contribution >= 4 is 11.9 Å². The number of aldehydes is 1. The fourth-order valence-corrected chi connectivity index (χ4v) is 1.47. The van der Waals surface area contributed by atoms with Crippen molar-refractivity contribution in [2.75, 3.05) is 13.7 Å². The molecular formula is C10H11N3O2. The Bertz CT molecular complexity index is 478. The van der Waals surface area contributed by atoms with Gasteiger partial charge in [0.2, 0.25) is 0 Å². The van der Waals surface area contributed by atoms with Crippen molar-refractivity contribution in [2.24, 2.45) is 0 Å². The highest BCUT2D eigenvalue weighted by Crippen LogP contribution is 2.07. The Kier molecular flexibility index (Phi) is 2.73. The van der Waals surface area contributed by atoms with Gasteiger partial charge < -0.3 is 4.74 Å². The molecule has 0 saturated heterocycles. The fraction of sp³-hybridized carbons (Fsp3) is 0.300. The van der Waals surface area contributed by atoms with E-state index in [2.05, 4.69) is 10.2 Å². The third-order valence-electron chi connectivity index (χ3n) is 2.18. The van der Waals surface area contributed by atoms with Crippen molar-refractivity contribution < 1.29 is 9.53 Å². The van der Waals surface area contributed by atoms with E-state index in [4.69, 9.17) is 4.74 Å². The summed E-state index contributed by atoms with van der Waals surface area (Å²) in [6, 6.07) is 5.34. The van der Waals surface area contributed by atoms with Crippen LogP contribution in [0.4, 0.5) is 0 Å². The van der Waals surface area contributed by atoms with Crippen molar-refractivity contribution in [3.63, 3.8) is 0 Å². The number of ether oxygens (including phenoxy) is 1. The molecule has 2 rings (SSSR count). The average molecular weight is 205 g/mol. The summed E-state index contributed by atoms with van der Waals surface area (Å²) in [5.41, 5.74) is 1.24. The number of rotatable bonds is 4. The van der Waals surface area contributed by atoms with Crippen LogP contribution in [-0.2, 0) is 11.2 Å². The molecule has 2 aromatic rings. The van der Waals surface area contributed by atoms with E-state index in [1.54, 1.807) is 23.6 Å². The molecule has 0 N–H and O–H groups in total. The van der Waals surface area contributed by atoms with Crippen LogP contribution in [0.2, 0.25) is 0 Å². The molecule has 0 unspecified atom stereocenters. The number of carbonyl (C=O) groups excluding carboxylic acids is 1. The third-order valence-corrected chi connectivity index (χ3v) is 2.18. The standard InChI is InChI=1S/C10H11N3O2/c1-15-6-5-10-12-11-9-4-2-3-8(7-14)13(9)10/h2-4,7H,5-6H2,1H3. The molecule has 2 aromatic heterocycles. The van der Waals surface area contributed by atoms with Crippen LogP contribution in [0.15, 0.2) is 18.2 Å². The van der Waals surface area contributed by atoms with Crippen LogP contribution < -0.4 is 0 Å². The fourth-order valence-electron chi connectivity index (χ4n) is 1.47. The first-order valence-corrected chi connectivity index (χ1v) is 4.64. The van der Waals surface area contributed by atoms with Crippen LogP contribution >= 0.6 is 0 Å². The number of aromatic nitrogens is 3. The van der Waals surface area contributed by atoms with E-state index < -0.39 is 0 Å². The van der Waals surface area contributed by atoms with Gasteiger partial charge in [-0.25, -0.2) is 0 Å². The van der Waals surface area contributed by atoms with Gasteiger partial charge in [0, 0.05) is 13.5 Å². The lowest BCUT2D eigenvalue weighted by Crippen LogP contribution is -2.04. The maximum absolute atomic E-state index is 10.8. The summed E-state index contributed by atoms with van der Waals surface area (Å²) in [6.45, 7) is 0.563. The first-order valence-electron chi connectivity index (χ1n) is 4.64. The molecule has 0 fully saturated rings. The quantitative estimate of drug-likeness (QED) is 0.690. The van der Waals surface area contributed by atoms with Crippen molar-refractivity contribution in [1.82, 2.24) is 14.6 Å². The third kappa shape index (κ3) is 1.73. The summed E-state index contributed by atoms with van der Waals surface area (Å²) in [4.78, 5) is 10.8. The second-order valence-electron chi connectivity index (χ2n) is 3.12. The summed E-state index contributed by atoms with van der Waals surface area (Å²) in [7, 11) is 1.63. The van der Waals surface area contributed by atoms with Gasteiger partial charge in [-0.3, -0.25) is 9.20 Å². The lowest BCUT2D eigenvalue weighted by Gasteiger charge is -2.01. The molecule has 5 heteroatoms. The predicted octanol–water partition coefficient (Wildman–Crippen LogP) is 0.731. The minimum Gasteiger partial charge on any atom is -0.384 e. The maximum atomic E-state index is 10.8. The molecule has 0 amide bonds. The summed E-state index contributed by atoms with van der Waals surface area (Å²) < 4.78 is 6.71. The molecule has 0 aliphatic carbocycles. The van der Waals surface area contributed by atoms with Gasteiger partial charge in [-0.2, -0.15) is 0 Å². The lowest BCUT2D eigenvalue weighted by molar-refractivity contribution is 0.111. The van der Waals surface area contributed by atoms with Crippen molar-refractivity contribution in [1.29, 1.82) is 0 Å². The Morgan fingerprint density at radius 3 is 3.07 bits per heavy atom. The lowest BCUT2D eigenvalue weighted by atomic mass is 10.3. The van der Waals surface area contributed by atoms with Crippen LogP contribution in [0, 0.1) is 0 Å². The normalized spacial score (nSPS) is 10.7. The Balaban J connectivity index is 2.50. The highest BCUT2D eigenvalue weighted by Gasteiger charge is 2.07. The maximum Gasteiger partial charge on any atom is 0.166 e. The van der Waals surface area contributed by atoms with Crippen LogP contribution in [0.1, 0.15) is 16.3 Å². The van der Waals surface area contributed by atoms with Gasteiger partial charge in [0.1, 0.15) is 5.82 Å². The molecule has 0 aromatic carbocycles. The topological polar surface area (TPSA) is 56.5 Å². The Morgan fingerprint density at radius 1 is 1.47 bits per heavy atom. The number of carbonyl (C=O) groups is 1. The van der Waals surface area contributed by atoms with Gasteiger partial charge in [-0.1, -0.05) is 6.07 Å². The van der Waals surface area contributed by atoms with Gasteiger partial charge in [0.25, 0.3) is 0 Å². The minimum atomic E-state index is 0.559. The molecule has 15 heavy (non-hydrogen) atoms. The van der Waals surface area contributed by atoms with Crippen LogP contribution in [0.3, 0.4) is 0 Å². The summed E-state index contributed by atoms with van der Waals surface area (Å²) in [5.74, 6) is 0.745. The van der Waals surface area contributed by atoms with Crippen LogP contribution in [0.25, 0.3) is 5.65 Å². The molecule has 0 saturated carbocycles. The Hall–Kier alpha value is -1.75. The first kappa shape index (κ1) is 9.79. The smallest absolute Gasteiger partial charge is 0.166 e. The second-order valence-corrected chi connectivity index (χ2v) is 3.12. The number of methoxy groups -OCH3 is 1. The zero-order chi connectivity index (χ0) is 10.7. The number of nitrogens with zero attached hydrogens (tertiary/aromatic N) is 3. The number of hydrogen-bond donors (Lipinski definition) is 0. The van der Waals surface area contributed by atoms with Gasteiger partial charge in [0.15, 0.2) is 11.9 Å². The monoisotopic (exact) mass is 205 g/mol. The Morgan fingerprint density at radius 2 is 2.33 bits per heavy atom. The van der Waals surface area contributed by atoms with E-state index >= 15 is 0 Å². The largest absolute Gasteiger partial charge is 0.384 e. The molecular weight excluding hydrogens is 194 g/mol. The van der Waals surface area contributed by atoms with Gasteiger partial charge in [-0.15, -0.1) is 10.2 Å². The van der Waals surface area contributed by atoms with Crippen molar-refractivity contribution in [3.8, 4) is 0 Å². The molecule has 0 aliphatic rings. The van der Waals surface area contributed by atoms with E-state index in [9.17, 15) is 4.79 Å². The first-order chi connectivity index (χ1) is 7.36. The highest BCUT2D eigenvalue weighted by molar-refractivity contribution is 5.73. The molecule has 0 aliphatic heterocycles. The summed E-state index contributed by atoms with van der Waals surface area (Å²) in [5, 5.41) is 7.99. The van der Waals surface area contributed by atoms with Crippen molar-refractivity contribution in [3.05, 3.63) is 29.7 Å².